The van der Waals surface area contributed by atoms with Gasteiger partial charge < -0.3 is 9.47 Å². The third-order valence-corrected chi connectivity index (χ3v) is 2.92. The van der Waals surface area contributed by atoms with Gasteiger partial charge in [-0.1, -0.05) is 6.07 Å². The standard InChI is InChI=1S/C16H15N3O5/c1-23-14-7-5-12(6-8-14)10-17-18-16(20)11-24-15-4-2-3-13(9-15)19(21)22/h2-10H,11H2,1H3,(H,18,20). The maximum absolute atomic E-state index is 11.6. The van der Waals surface area contributed by atoms with Crippen molar-refractivity contribution in [2.45, 2.75) is 0 Å². The van der Waals surface area contributed by atoms with Gasteiger partial charge in [0, 0.05) is 6.07 Å². The molecule has 24 heavy (non-hydrogen) atoms. The Bertz CT molecular complexity index is 744. The summed E-state index contributed by atoms with van der Waals surface area (Å²) in [4.78, 5) is 21.7. The fraction of sp³-hybridized carbons (Fsp3) is 0.125. The van der Waals surface area contributed by atoms with Gasteiger partial charge in [0.25, 0.3) is 11.6 Å². The minimum Gasteiger partial charge on any atom is -0.497 e. The Labute approximate surface area is 137 Å². The van der Waals surface area contributed by atoms with E-state index in [9.17, 15) is 14.9 Å². The first-order valence-corrected chi connectivity index (χ1v) is 6.91. The molecular weight excluding hydrogens is 314 g/mol. The number of non-ortho nitro benzene ring substituents is 1. The van der Waals surface area contributed by atoms with Crippen LogP contribution in [0.4, 0.5) is 5.69 Å². The van der Waals surface area contributed by atoms with E-state index in [-0.39, 0.29) is 18.0 Å². The lowest BCUT2D eigenvalue weighted by Crippen LogP contribution is -2.24. The van der Waals surface area contributed by atoms with E-state index in [0.717, 1.165) is 11.3 Å². The molecule has 2 rings (SSSR count). The summed E-state index contributed by atoms with van der Waals surface area (Å²) < 4.78 is 10.2. The molecule has 0 aromatic heterocycles. The number of carbonyl (C=O) groups is 1. The molecule has 124 valence electrons. The Morgan fingerprint density at radius 3 is 2.67 bits per heavy atom. The van der Waals surface area contributed by atoms with Crippen LogP contribution in [0.3, 0.4) is 0 Å². The number of benzene rings is 2. The third-order valence-electron chi connectivity index (χ3n) is 2.92. The van der Waals surface area contributed by atoms with Crippen molar-refractivity contribution >= 4 is 17.8 Å². The molecule has 0 unspecified atom stereocenters. The molecule has 0 saturated heterocycles. The molecular formula is C16H15N3O5. The molecule has 0 heterocycles. The minimum absolute atomic E-state index is 0.106. The molecule has 2 aromatic carbocycles. The SMILES string of the molecule is COc1ccc(C=NNC(=O)COc2cccc([N+](=O)[O-])c2)cc1. The van der Waals surface area contributed by atoms with Crippen molar-refractivity contribution in [2.75, 3.05) is 13.7 Å². The molecule has 8 nitrogen and oxygen atoms in total. The van der Waals surface area contributed by atoms with Crippen molar-refractivity contribution < 1.29 is 19.2 Å². The van der Waals surface area contributed by atoms with Gasteiger partial charge in [-0.05, 0) is 35.9 Å². The van der Waals surface area contributed by atoms with Crippen molar-refractivity contribution in [1.82, 2.24) is 5.43 Å². The van der Waals surface area contributed by atoms with Crippen molar-refractivity contribution in [1.29, 1.82) is 0 Å². The maximum Gasteiger partial charge on any atom is 0.277 e. The number of amides is 1. The van der Waals surface area contributed by atoms with Gasteiger partial charge in [-0.3, -0.25) is 14.9 Å². The smallest absolute Gasteiger partial charge is 0.277 e. The van der Waals surface area contributed by atoms with Crippen LogP contribution in [0.15, 0.2) is 53.6 Å². The number of methoxy groups -OCH3 is 1. The zero-order valence-corrected chi connectivity index (χ0v) is 12.8. The van der Waals surface area contributed by atoms with Crippen LogP contribution in [-0.2, 0) is 4.79 Å². The molecule has 0 fully saturated rings. The van der Waals surface area contributed by atoms with Gasteiger partial charge in [0.1, 0.15) is 11.5 Å². The summed E-state index contributed by atoms with van der Waals surface area (Å²) in [5.41, 5.74) is 2.99. The lowest BCUT2D eigenvalue weighted by atomic mass is 10.2. The van der Waals surface area contributed by atoms with Crippen molar-refractivity contribution in [3.63, 3.8) is 0 Å². The van der Waals surface area contributed by atoms with Gasteiger partial charge in [-0.25, -0.2) is 5.43 Å². The number of ether oxygens (including phenoxy) is 2. The average molecular weight is 329 g/mol. The van der Waals surface area contributed by atoms with Gasteiger partial charge in [0.15, 0.2) is 6.61 Å². The average Bonchev–Trinajstić information content (AvgIpc) is 2.61. The van der Waals surface area contributed by atoms with Gasteiger partial charge in [-0.2, -0.15) is 5.10 Å². The van der Waals surface area contributed by atoms with Gasteiger partial charge >= 0.3 is 0 Å². The predicted octanol–water partition coefficient (Wildman–Crippen LogP) is 2.13. The molecule has 0 aliphatic rings. The summed E-state index contributed by atoms with van der Waals surface area (Å²) in [7, 11) is 1.57. The first-order chi connectivity index (χ1) is 11.6. The van der Waals surface area contributed by atoms with E-state index in [4.69, 9.17) is 9.47 Å². The van der Waals surface area contributed by atoms with Gasteiger partial charge in [-0.15, -0.1) is 0 Å². The lowest BCUT2D eigenvalue weighted by molar-refractivity contribution is -0.384. The van der Waals surface area contributed by atoms with E-state index in [1.165, 1.54) is 30.5 Å². The molecule has 0 spiro atoms. The van der Waals surface area contributed by atoms with Crippen LogP contribution in [0, 0.1) is 10.1 Å². The number of carbonyl (C=O) groups excluding carboxylic acids is 1. The first-order valence-electron chi connectivity index (χ1n) is 6.91. The number of hydrogen-bond donors (Lipinski definition) is 1. The highest BCUT2D eigenvalue weighted by atomic mass is 16.6. The highest BCUT2D eigenvalue weighted by Gasteiger charge is 2.07. The van der Waals surface area contributed by atoms with E-state index in [1.807, 2.05) is 0 Å². The molecule has 0 bridgehead atoms. The summed E-state index contributed by atoms with van der Waals surface area (Å²) in [6.45, 7) is -0.304. The molecule has 0 atom stereocenters. The number of nitrogens with zero attached hydrogens (tertiary/aromatic N) is 2. The van der Waals surface area contributed by atoms with Crippen LogP contribution < -0.4 is 14.9 Å². The second-order valence-corrected chi connectivity index (χ2v) is 4.61. The molecule has 8 heteroatoms. The summed E-state index contributed by atoms with van der Waals surface area (Å²) in [6, 6.07) is 12.7. The highest BCUT2D eigenvalue weighted by molar-refractivity contribution is 5.83. The van der Waals surface area contributed by atoms with Gasteiger partial charge in [0.2, 0.25) is 0 Å². The third kappa shape index (κ3) is 5.09. The normalized spacial score (nSPS) is 10.4. The fourth-order valence-electron chi connectivity index (χ4n) is 1.74. The fourth-order valence-corrected chi connectivity index (χ4v) is 1.74. The molecule has 0 aliphatic heterocycles. The molecule has 0 saturated carbocycles. The van der Waals surface area contributed by atoms with E-state index in [1.54, 1.807) is 31.4 Å². The second kappa shape index (κ2) is 8.28. The number of nitrogens with one attached hydrogen (secondary N) is 1. The number of hydrogen-bond acceptors (Lipinski definition) is 6. The number of nitro benzene ring substituents is 1. The van der Waals surface area contributed by atoms with E-state index in [2.05, 4.69) is 10.5 Å². The van der Waals surface area contributed by atoms with Gasteiger partial charge in [0.05, 0.1) is 24.3 Å². The first kappa shape index (κ1) is 16.9. The molecule has 2 aromatic rings. The number of rotatable bonds is 7. The van der Waals surface area contributed by atoms with Crippen molar-refractivity contribution in [2.24, 2.45) is 5.10 Å². The maximum atomic E-state index is 11.6. The zero-order valence-electron chi connectivity index (χ0n) is 12.8. The predicted molar refractivity (Wildman–Crippen MR) is 87.3 cm³/mol. The van der Waals surface area contributed by atoms with Crippen LogP contribution in [0.5, 0.6) is 11.5 Å². The Balaban J connectivity index is 1.81. The topological polar surface area (TPSA) is 103 Å². The van der Waals surface area contributed by atoms with Crippen LogP contribution in [0.1, 0.15) is 5.56 Å². The number of nitro groups is 1. The Morgan fingerprint density at radius 1 is 1.25 bits per heavy atom. The van der Waals surface area contributed by atoms with Crippen molar-refractivity contribution in [3.8, 4) is 11.5 Å². The lowest BCUT2D eigenvalue weighted by Gasteiger charge is -2.04. The summed E-state index contributed by atoms with van der Waals surface area (Å²) in [5, 5.41) is 14.5. The largest absolute Gasteiger partial charge is 0.497 e. The molecule has 0 radical (unpaired) electrons. The van der Waals surface area contributed by atoms with E-state index >= 15 is 0 Å². The Morgan fingerprint density at radius 2 is 2.00 bits per heavy atom. The quantitative estimate of drug-likeness (QED) is 0.476. The van der Waals surface area contributed by atoms with E-state index < -0.39 is 10.8 Å². The summed E-state index contributed by atoms with van der Waals surface area (Å²) in [5.74, 6) is 0.478. The Kier molecular flexibility index (Phi) is 5.84. The van der Waals surface area contributed by atoms with Crippen LogP contribution in [-0.4, -0.2) is 30.8 Å². The highest BCUT2D eigenvalue weighted by Crippen LogP contribution is 2.18. The van der Waals surface area contributed by atoms with Crippen molar-refractivity contribution in [3.05, 3.63) is 64.2 Å². The molecule has 1 N–H and O–H groups in total. The number of hydrazone groups is 1. The van der Waals surface area contributed by atoms with Crippen LogP contribution >= 0.6 is 0 Å². The van der Waals surface area contributed by atoms with Crippen LogP contribution in [0.25, 0.3) is 0 Å². The summed E-state index contributed by atoms with van der Waals surface area (Å²) in [6.07, 6.45) is 1.48. The molecule has 1 amide bonds. The Hall–Kier alpha value is -3.42. The molecule has 0 aliphatic carbocycles. The second-order valence-electron chi connectivity index (χ2n) is 4.61. The monoisotopic (exact) mass is 329 g/mol. The minimum atomic E-state index is -0.536. The zero-order chi connectivity index (χ0) is 17.4. The summed E-state index contributed by atoms with van der Waals surface area (Å²) >= 11 is 0. The van der Waals surface area contributed by atoms with E-state index in [0.29, 0.717) is 0 Å². The van der Waals surface area contributed by atoms with Crippen LogP contribution in [0.2, 0.25) is 0 Å².